The first kappa shape index (κ1) is 14.6. The number of ether oxygens (including phenoxy) is 1. The van der Waals surface area contributed by atoms with Gasteiger partial charge >= 0.3 is 5.97 Å². The lowest BCUT2D eigenvalue weighted by atomic mass is 10.2. The van der Waals surface area contributed by atoms with Gasteiger partial charge in [0.1, 0.15) is 5.75 Å². The summed E-state index contributed by atoms with van der Waals surface area (Å²) in [6.45, 7) is 0.549. The summed E-state index contributed by atoms with van der Waals surface area (Å²) in [5, 5.41) is 9.55. The number of carbonyl (C=O) groups is 1. The summed E-state index contributed by atoms with van der Waals surface area (Å²) >= 11 is 6.86. The molecule has 106 valence electrons. The molecule has 5 nitrogen and oxygen atoms in total. The number of carboxylic acid groups (broad SMARTS) is 1. The smallest absolute Gasteiger partial charge is 0.349 e. The molecule has 1 aromatic carbocycles. The topological polar surface area (TPSA) is 62.7 Å². The number of methoxy groups -OCH3 is 1. The van der Waals surface area contributed by atoms with Gasteiger partial charge in [-0.15, -0.1) is 0 Å². The number of hydrogen-bond donors (Lipinski definition) is 1. The molecule has 0 aliphatic rings. The average Bonchev–Trinajstić information content (AvgIpc) is 2.81. The Hall–Kier alpha value is -1.79. The fourth-order valence-electron chi connectivity index (χ4n) is 1.74. The van der Waals surface area contributed by atoms with Gasteiger partial charge in [0.25, 0.3) is 0 Å². The number of hydrogen-bond acceptors (Lipinski definition) is 5. The van der Waals surface area contributed by atoms with Crippen molar-refractivity contribution in [1.82, 2.24) is 4.98 Å². The van der Waals surface area contributed by atoms with Crippen molar-refractivity contribution in [1.29, 1.82) is 0 Å². The maximum absolute atomic E-state index is 11.0. The number of para-hydroxylation sites is 1. The fourth-order valence-corrected chi connectivity index (χ4v) is 2.83. The average molecular weight is 313 g/mol. The summed E-state index contributed by atoms with van der Waals surface area (Å²) in [6, 6.07) is 7.64. The molecular formula is C13H13ClN2O3S. The van der Waals surface area contributed by atoms with Gasteiger partial charge in [-0.1, -0.05) is 41.1 Å². The quantitative estimate of drug-likeness (QED) is 0.919. The molecule has 1 heterocycles. The van der Waals surface area contributed by atoms with Crippen LogP contribution in [0.15, 0.2) is 24.3 Å². The van der Waals surface area contributed by atoms with Crippen molar-refractivity contribution in [2.45, 2.75) is 6.54 Å². The third kappa shape index (κ3) is 3.02. The lowest BCUT2D eigenvalue weighted by Crippen LogP contribution is -2.16. The van der Waals surface area contributed by atoms with Crippen molar-refractivity contribution in [3.63, 3.8) is 0 Å². The van der Waals surface area contributed by atoms with E-state index in [9.17, 15) is 4.79 Å². The normalized spacial score (nSPS) is 10.3. The second-order valence-corrected chi connectivity index (χ2v) is 5.42. The Morgan fingerprint density at radius 2 is 2.20 bits per heavy atom. The van der Waals surface area contributed by atoms with Crippen LogP contribution in [-0.2, 0) is 6.54 Å². The summed E-state index contributed by atoms with van der Waals surface area (Å²) in [4.78, 5) is 16.9. The van der Waals surface area contributed by atoms with Crippen LogP contribution in [0, 0.1) is 0 Å². The van der Waals surface area contributed by atoms with Crippen molar-refractivity contribution < 1.29 is 14.6 Å². The third-order valence-corrected chi connectivity index (χ3v) is 4.24. The van der Waals surface area contributed by atoms with Gasteiger partial charge in [-0.3, -0.25) is 0 Å². The molecule has 0 fully saturated rings. The number of aromatic nitrogens is 1. The molecule has 1 aromatic heterocycles. The molecule has 2 rings (SSSR count). The molecule has 0 unspecified atom stereocenters. The van der Waals surface area contributed by atoms with Crippen molar-refractivity contribution in [3.8, 4) is 5.75 Å². The summed E-state index contributed by atoms with van der Waals surface area (Å²) < 4.78 is 5.29. The van der Waals surface area contributed by atoms with Crippen LogP contribution >= 0.6 is 22.9 Å². The number of carboxylic acids is 1. The first-order valence-electron chi connectivity index (χ1n) is 5.75. The second kappa shape index (κ2) is 6.11. The van der Waals surface area contributed by atoms with Crippen LogP contribution in [0.3, 0.4) is 0 Å². The van der Waals surface area contributed by atoms with Gasteiger partial charge in [-0.2, -0.15) is 0 Å². The Morgan fingerprint density at radius 3 is 2.80 bits per heavy atom. The van der Waals surface area contributed by atoms with Crippen LogP contribution in [0.25, 0.3) is 0 Å². The van der Waals surface area contributed by atoms with E-state index in [2.05, 4.69) is 4.98 Å². The summed E-state index contributed by atoms with van der Waals surface area (Å²) in [7, 11) is 3.44. The predicted octanol–water partition coefficient (Wildman–Crippen LogP) is 3.14. The van der Waals surface area contributed by atoms with Crippen molar-refractivity contribution in [2.24, 2.45) is 0 Å². The number of rotatable bonds is 5. The molecule has 20 heavy (non-hydrogen) atoms. The maximum atomic E-state index is 11.0. The molecule has 0 amide bonds. The molecule has 0 bridgehead atoms. The molecule has 1 N–H and O–H groups in total. The Balaban J connectivity index is 2.22. The Kier molecular flexibility index (Phi) is 4.46. The fraction of sp³-hybridized carbons (Fsp3) is 0.231. The molecule has 0 aliphatic heterocycles. The number of aromatic carboxylic acids is 1. The minimum Gasteiger partial charge on any atom is -0.496 e. The zero-order valence-corrected chi connectivity index (χ0v) is 12.5. The van der Waals surface area contributed by atoms with Gasteiger partial charge in [-0.25, -0.2) is 9.78 Å². The number of thiazole rings is 1. The summed E-state index contributed by atoms with van der Waals surface area (Å²) in [5.74, 6) is -0.287. The van der Waals surface area contributed by atoms with E-state index in [1.807, 2.05) is 36.2 Å². The highest BCUT2D eigenvalue weighted by atomic mass is 35.5. The molecule has 0 radical (unpaired) electrons. The van der Waals surface area contributed by atoms with E-state index in [4.69, 9.17) is 21.4 Å². The maximum Gasteiger partial charge on any atom is 0.349 e. The minimum atomic E-state index is -1.07. The Labute approximate surface area is 125 Å². The number of benzene rings is 1. The molecule has 0 saturated carbocycles. The predicted molar refractivity (Wildman–Crippen MR) is 79.2 cm³/mol. The minimum absolute atomic E-state index is 0.0179. The van der Waals surface area contributed by atoms with Crippen LogP contribution in [0.1, 0.15) is 15.2 Å². The molecule has 2 aromatic rings. The van der Waals surface area contributed by atoms with Crippen molar-refractivity contribution in [2.75, 3.05) is 19.1 Å². The summed E-state index contributed by atoms with van der Waals surface area (Å²) in [6.07, 6.45) is 0. The number of halogens is 1. The van der Waals surface area contributed by atoms with Gasteiger partial charge < -0.3 is 14.7 Å². The van der Waals surface area contributed by atoms with E-state index < -0.39 is 5.97 Å². The second-order valence-electron chi connectivity index (χ2n) is 4.09. The van der Waals surface area contributed by atoms with E-state index in [0.717, 1.165) is 22.6 Å². The molecule has 0 aliphatic carbocycles. The van der Waals surface area contributed by atoms with Gasteiger partial charge in [-0.05, 0) is 6.07 Å². The van der Waals surface area contributed by atoms with E-state index in [1.54, 1.807) is 7.11 Å². The molecule has 7 heteroatoms. The molecular weight excluding hydrogens is 300 g/mol. The molecule has 0 saturated heterocycles. The first-order chi connectivity index (χ1) is 9.52. The van der Waals surface area contributed by atoms with Gasteiger partial charge in [0, 0.05) is 19.2 Å². The van der Waals surface area contributed by atoms with E-state index in [1.165, 1.54) is 0 Å². The zero-order valence-electron chi connectivity index (χ0n) is 11.0. The third-order valence-electron chi connectivity index (χ3n) is 2.70. The van der Waals surface area contributed by atoms with Crippen LogP contribution in [0.4, 0.5) is 5.13 Å². The van der Waals surface area contributed by atoms with Gasteiger partial charge in [0.15, 0.2) is 15.2 Å². The van der Waals surface area contributed by atoms with Crippen LogP contribution < -0.4 is 9.64 Å². The molecule has 0 spiro atoms. The van der Waals surface area contributed by atoms with E-state index in [0.29, 0.717) is 11.7 Å². The Morgan fingerprint density at radius 1 is 1.50 bits per heavy atom. The lowest BCUT2D eigenvalue weighted by molar-refractivity contribution is 0.0702. The van der Waals surface area contributed by atoms with Crippen molar-refractivity contribution >= 4 is 34.0 Å². The van der Waals surface area contributed by atoms with Gasteiger partial charge in [0.2, 0.25) is 0 Å². The van der Waals surface area contributed by atoms with E-state index in [-0.39, 0.29) is 10.0 Å². The van der Waals surface area contributed by atoms with Gasteiger partial charge in [0.05, 0.1) is 7.11 Å². The standard InChI is InChI=1S/C13H13ClN2O3S/c1-16(7-8-5-3-4-6-9(8)19-2)13-15-11(14)10(20-13)12(17)18/h3-6H,7H2,1-2H3,(H,17,18). The first-order valence-corrected chi connectivity index (χ1v) is 6.95. The van der Waals surface area contributed by atoms with E-state index >= 15 is 0 Å². The Bertz CT molecular complexity index is 630. The zero-order chi connectivity index (χ0) is 14.7. The number of anilines is 1. The van der Waals surface area contributed by atoms with Crippen LogP contribution in [0.2, 0.25) is 5.15 Å². The highest BCUT2D eigenvalue weighted by Crippen LogP contribution is 2.30. The SMILES string of the molecule is COc1ccccc1CN(C)c1nc(Cl)c(C(=O)O)s1. The van der Waals surface area contributed by atoms with Crippen molar-refractivity contribution in [3.05, 3.63) is 39.9 Å². The highest BCUT2D eigenvalue weighted by Gasteiger charge is 2.18. The lowest BCUT2D eigenvalue weighted by Gasteiger charge is -2.17. The molecule has 0 atom stereocenters. The van der Waals surface area contributed by atoms with Crippen LogP contribution in [0.5, 0.6) is 5.75 Å². The largest absolute Gasteiger partial charge is 0.496 e. The highest BCUT2D eigenvalue weighted by molar-refractivity contribution is 7.18. The monoisotopic (exact) mass is 312 g/mol. The summed E-state index contributed by atoms with van der Waals surface area (Å²) in [5.41, 5.74) is 0.987. The van der Waals surface area contributed by atoms with Crippen LogP contribution in [-0.4, -0.2) is 30.2 Å². The number of nitrogens with zero attached hydrogens (tertiary/aromatic N) is 2.